The minimum Gasteiger partial charge on any atom is -0.395 e. The van der Waals surface area contributed by atoms with E-state index in [-0.39, 0.29) is 6.61 Å². The van der Waals surface area contributed by atoms with Crippen molar-refractivity contribution < 1.29 is 14.8 Å². The highest BCUT2D eigenvalue weighted by atomic mass is 16.3. The third-order valence-electron chi connectivity index (χ3n) is 7.44. The lowest BCUT2D eigenvalue weighted by atomic mass is 10.0. The van der Waals surface area contributed by atoms with Gasteiger partial charge < -0.3 is 20.0 Å². The Hall–Kier alpha value is -4.29. The molecule has 5 heteroatoms. The molecule has 4 aromatic carbocycles. The fraction of sp³-hybridized carbons (Fsp3) is 0.216. The summed E-state index contributed by atoms with van der Waals surface area (Å²) in [6, 6.07) is 34.6. The molecule has 1 atom stereocenters. The summed E-state index contributed by atoms with van der Waals surface area (Å²) >= 11 is 0. The van der Waals surface area contributed by atoms with Gasteiger partial charge in [0.15, 0.2) is 18.9 Å². The number of fused-ring (bicyclic) bond motifs is 1. The molecule has 1 unspecified atom stereocenters. The lowest BCUT2D eigenvalue weighted by molar-refractivity contribution is -0.703. The first-order valence-electron chi connectivity index (χ1n) is 14.5. The Balaban J connectivity index is 1.33. The van der Waals surface area contributed by atoms with Crippen LogP contribution in [0.25, 0.3) is 22.9 Å². The number of rotatable bonds is 11. The highest BCUT2D eigenvalue weighted by Crippen LogP contribution is 2.36. The number of aryl methyl sites for hydroxylation is 2. The predicted molar refractivity (Wildman–Crippen MR) is 174 cm³/mol. The van der Waals surface area contributed by atoms with E-state index >= 15 is 0 Å². The lowest BCUT2D eigenvalue weighted by Crippen LogP contribution is -2.43. The second kappa shape index (κ2) is 13.6. The Morgan fingerprint density at radius 1 is 0.714 bits per heavy atom. The van der Waals surface area contributed by atoms with Crippen LogP contribution in [0.15, 0.2) is 109 Å². The van der Waals surface area contributed by atoms with Gasteiger partial charge in [-0.3, -0.25) is 0 Å². The number of hydrogen-bond acceptors (Lipinski definition) is 4. The van der Waals surface area contributed by atoms with Crippen molar-refractivity contribution in [2.24, 2.45) is 0 Å². The van der Waals surface area contributed by atoms with Crippen LogP contribution in [-0.2, 0) is 6.54 Å². The highest BCUT2D eigenvalue weighted by Gasteiger charge is 2.14. The number of aromatic nitrogens is 1. The Bertz CT molecular complexity index is 1620. The van der Waals surface area contributed by atoms with Gasteiger partial charge in [0.25, 0.3) is 0 Å². The maximum absolute atomic E-state index is 10.3. The van der Waals surface area contributed by atoms with Gasteiger partial charge in [0, 0.05) is 42.3 Å². The molecule has 1 aromatic heterocycles. The van der Waals surface area contributed by atoms with Crippen molar-refractivity contribution in [1.82, 2.24) is 4.90 Å². The molecule has 0 spiro atoms. The fourth-order valence-electron chi connectivity index (χ4n) is 5.29. The number of anilines is 3. The molecule has 1 heterocycles. The largest absolute Gasteiger partial charge is 0.395 e. The summed E-state index contributed by atoms with van der Waals surface area (Å²) in [5, 5.41) is 21.8. The molecule has 42 heavy (non-hydrogen) atoms. The minimum atomic E-state index is -0.494. The minimum absolute atomic E-state index is 0.0935. The summed E-state index contributed by atoms with van der Waals surface area (Å²) in [5.74, 6) is 0. The van der Waals surface area contributed by atoms with Crippen LogP contribution in [0.4, 0.5) is 17.1 Å². The Morgan fingerprint density at radius 3 is 1.95 bits per heavy atom. The zero-order valence-electron chi connectivity index (χ0n) is 24.7. The summed E-state index contributed by atoms with van der Waals surface area (Å²) in [6.07, 6.45) is 7.74. The molecule has 0 amide bonds. The fourth-order valence-corrected chi connectivity index (χ4v) is 5.29. The summed E-state index contributed by atoms with van der Waals surface area (Å²) in [7, 11) is 1.90. The predicted octanol–water partition coefficient (Wildman–Crippen LogP) is 6.67. The summed E-state index contributed by atoms with van der Waals surface area (Å²) in [4.78, 5) is 4.25. The zero-order chi connectivity index (χ0) is 29.5. The number of nitrogens with zero attached hydrogens (tertiary/aromatic N) is 3. The SMILES string of the molecule is Cc1cccc(N(c2cccc(C)c2)c2ccc3cc(/C=C/c4cc[n+](CC(O)CN(C)CCO)cc4)ccc3c2)c1. The van der Waals surface area contributed by atoms with Crippen LogP contribution in [0.2, 0.25) is 0 Å². The van der Waals surface area contributed by atoms with Gasteiger partial charge in [-0.25, -0.2) is 4.57 Å². The summed E-state index contributed by atoms with van der Waals surface area (Å²) < 4.78 is 1.99. The van der Waals surface area contributed by atoms with Gasteiger partial charge in [-0.15, -0.1) is 0 Å². The normalized spacial score (nSPS) is 12.3. The van der Waals surface area contributed by atoms with Gasteiger partial charge in [0.05, 0.1) is 6.61 Å². The molecule has 0 saturated heterocycles. The first-order chi connectivity index (χ1) is 20.4. The Labute approximate surface area is 249 Å². The van der Waals surface area contributed by atoms with Crippen molar-refractivity contribution in [1.29, 1.82) is 0 Å². The summed E-state index contributed by atoms with van der Waals surface area (Å²) in [5.41, 5.74) is 8.12. The molecule has 5 nitrogen and oxygen atoms in total. The van der Waals surface area contributed by atoms with Crippen LogP contribution in [0, 0.1) is 13.8 Å². The van der Waals surface area contributed by atoms with E-state index in [1.54, 1.807) is 0 Å². The molecule has 0 bridgehead atoms. The van der Waals surface area contributed by atoms with E-state index < -0.39 is 6.10 Å². The van der Waals surface area contributed by atoms with Gasteiger partial charge in [-0.2, -0.15) is 0 Å². The number of likely N-dealkylation sites (N-methyl/N-ethyl adjacent to an activating group) is 1. The maximum Gasteiger partial charge on any atom is 0.175 e. The van der Waals surface area contributed by atoms with Crippen LogP contribution >= 0.6 is 0 Å². The van der Waals surface area contributed by atoms with Crippen molar-refractivity contribution in [3.63, 3.8) is 0 Å². The zero-order valence-corrected chi connectivity index (χ0v) is 24.7. The van der Waals surface area contributed by atoms with Gasteiger partial charge >= 0.3 is 0 Å². The highest BCUT2D eigenvalue weighted by molar-refractivity contribution is 5.91. The average Bonchev–Trinajstić information content (AvgIpc) is 2.97. The van der Waals surface area contributed by atoms with E-state index in [1.165, 1.54) is 21.9 Å². The van der Waals surface area contributed by atoms with Crippen LogP contribution in [0.1, 0.15) is 22.3 Å². The van der Waals surface area contributed by atoms with Gasteiger partial charge in [0.2, 0.25) is 0 Å². The average molecular weight is 559 g/mol. The number of hydrogen-bond donors (Lipinski definition) is 2. The van der Waals surface area contributed by atoms with Gasteiger partial charge in [-0.1, -0.05) is 54.6 Å². The molecule has 5 aromatic rings. The van der Waals surface area contributed by atoms with Crippen LogP contribution < -0.4 is 9.47 Å². The second-order valence-corrected chi connectivity index (χ2v) is 11.1. The van der Waals surface area contributed by atoms with E-state index in [9.17, 15) is 5.11 Å². The van der Waals surface area contributed by atoms with E-state index in [1.807, 2.05) is 28.9 Å². The molecule has 0 aliphatic heterocycles. The standard InChI is InChI=1S/C37H40N3O2/c1-28-6-4-8-34(22-28)40(35-9-5-7-29(2)23-35)36-15-14-32-24-31(12-13-33(32)25-36)11-10-30-16-18-39(19-17-30)27-37(42)26-38(3)20-21-41/h4-19,22-25,37,41-42H,20-21,26-27H2,1-3H3/q+1. The van der Waals surface area contributed by atoms with E-state index in [0.29, 0.717) is 19.6 Å². The molecular formula is C37H40N3O2+. The number of aliphatic hydroxyl groups excluding tert-OH is 2. The number of aliphatic hydroxyl groups is 2. The molecule has 0 aliphatic rings. The quantitative estimate of drug-likeness (QED) is 0.178. The number of pyridine rings is 1. The molecule has 0 fully saturated rings. The van der Waals surface area contributed by atoms with Crippen molar-refractivity contribution in [3.8, 4) is 0 Å². The topological polar surface area (TPSA) is 50.8 Å². The monoisotopic (exact) mass is 558 g/mol. The third kappa shape index (κ3) is 7.51. The van der Waals surface area contributed by atoms with Gasteiger partial charge in [-0.05, 0) is 96.4 Å². The molecule has 0 aliphatic carbocycles. The van der Waals surface area contributed by atoms with Crippen molar-refractivity contribution >= 4 is 40.0 Å². The van der Waals surface area contributed by atoms with E-state index in [4.69, 9.17) is 5.11 Å². The van der Waals surface area contributed by atoms with Crippen molar-refractivity contribution in [2.75, 3.05) is 31.6 Å². The molecule has 0 radical (unpaired) electrons. The smallest absolute Gasteiger partial charge is 0.175 e. The first kappa shape index (κ1) is 29.2. The molecule has 214 valence electrons. The molecular weight excluding hydrogens is 518 g/mol. The number of benzene rings is 4. The molecule has 0 saturated carbocycles. The van der Waals surface area contributed by atoms with E-state index in [2.05, 4.69) is 128 Å². The molecule has 5 rings (SSSR count). The van der Waals surface area contributed by atoms with Crippen molar-refractivity contribution in [2.45, 2.75) is 26.5 Å². The Kier molecular flexibility index (Phi) is 9.45. The summed E-state index contributed by atoms with van der Waals surface area (Å²) in [6.45, 7) is 5.95. The van der Waals surface area contributed by atoms with Crippen LogP contribution in [0.3, 0.4) is 0 Å². The first-order valence-corrected chi connectivity index (χ1v) is 14.5. The van der Waals surface area contributed by atoms with Crippen LogP contribution in [-0.4, -0.2) is 48.0 Å². The Morgan fingerprint density at radius 2 is 1.31 bits per heavy atom. The molecule has 2 N–H and O–H groups in total. The maximum atomic E-state index is 10.3. The van der Waals surface area contributed by atoms with E-state index in [0.717, 1.165) is 28.2 Å². The third-order valence-corrected chi connectivity index (χ3v) is 7.44. The van der Waals surface area contributed by atoms with Gasteiger partial charge in [0.1, 0.15) is 6.10 Å². The van der Waals surface area contributed by atoms with Crippen LogP contribution in [0.5, 0.6) is 0 Å². The lowest BCUT2D eigenvalue weighted by Gasteiger charge is -2.26. The van der Waals surface area contributed by atoms with Crippen molar-refractivity contribution in [3.05, 3.63) is 132 Å². The second-order valence-electron chi connectivity index (χ2n) is 11.1.